The molecular weight excluding hydrogens is 335 g/mol. The number of hydrogen-bond acceptors (Lipinski definition) is 5. The molecule has 9 heteroatoms. The zero-order valence-electron chi connectivity index (χ0n) is 14.1. The van der Waals surface area contributed by atoms with Crippen LogP contribution < -0.4 is 5.32 Å². The van der Waals surface area contributed by atoms with Gasteiger partial charge in [-0.25, -0.2) is 9.97 Å². The highest BCUT2D eigenvalue weighted by molar-refractivity contribution is 5.84. The highest BCUT2D eigenvalue weighted by atomic mass is 19.4. The van der Waals surface area contributed by atoms with Gasteiger partial charge in [0.1, 0.15) is 18.7 Å². The van der Waals surface area contributed by atoms with Crippen LogP contribution in [-0.2, 0) is 4.79 Å². The normalized spacial score (nSPS) is 23.3. The number of carbonyl (C=O) groups excluding carboxylic acids is 1. The lowest BCUT2D eigenvalue weighted by Gasteiger charge is -2.35. The summed E-state index contributed by atoms with van der Waals surface area (Å²) < 4.78 is 37.5. The molecule has 0 spiro atoms. The standard InChI is InChI=1S/C16H22F3N5O/c1-11-8-14(21-10-20-11)22-12-2-5-23(6-3-12)13-4-7-24(15(13)25)9-16(17,18)19/h8,10,12-13H,2-7,9H2,1H3,(H,20,21,22). The molecule has 2 aliphatic rings. The van der Waals surface area contributed by atoms with Gasteiger partial charge in [-0.1, -0.05) is 0 Å². The van der Waals surface area contributed by atoms with Crippen LogP contribution in [0.15, 0.2) is 12.4 Å². The summed E-state index contributed by atoms with van der Waals surface area (Å²) in [5, 5.41) is 3.36. The van der Waals surface area contributed by atoms with Crippen LogP contribution >= 0.6 is 0 Å². The van der Waals surface area contributed by atoms with Gasteiger partial charge in [0, 0.05) is 37.4 Å². The maximum Gasteiger partial charge on any atom is 0.406 e. The number of rotatable bonds is 4. The number of nitrogens with zero attached hydrogens (tertiary/aromatic N) is 4. The number of aryl methyl sites for hydroxylation is 1. The highest BCUT2D eigenvalue weighted by Crippen LogP contribution is 2.26. The summed E-state index contributed by atoms with van der Waals surface area (Å²) in [6, 6.07) is 1.71. The lowest BCUT2D eigenvalue weighted by atomic mass is 10.0. The molecular formula is C16H22F3N5O. The number of carbonyl (C=O) groups is 1. The van der Waals surface area contributed by atoms with E-state index in [1.807, 2.05) is 17.9 Å². The Labute approximate surface area is 144 Å². The fourth-order valence-corrected chi connectivity index (χ4v) is 3.53. The van der Waals surface area contributed by atoms with E-state index in [0.29, 0.717) is 19.5 Å². The van der Waals surface area contributed by atoms with E-state index in [2.05, 4.69) is 15.3 Å². The molecule has 1 atom stereocenters. The van der Waals surface area contributed by atoms with Crippen molar-refractivity contribution in [3.63, 3.8) is 0 Å². The van der Waals surface area contributed by atoms with E-state index in [1.54, 1.807) is 0 Å². The van der Waals surface area contributed by atoms with Crippen molar-refractivity contribution >= 4 is 11.7 Å². The first-order chi connectivity index (χ1) is 11.8. The molecule has 0 aromatic carbocycles. The van der Waals surface area contributed by atoms with Crippen molar-refractivity contribution in [2.75, 3.05) is 31.5 Å². The summed E-state index contributed by atoms with van der Waals surface area (Å²) in [4.78, 5) is 23.4. The first-order valence-corrected chi connectivity index (χ1v) is 8.46. The maximum atomic E-state index is 12.5. The first kappa shape index (κ1) is 17.9. The molecule has 3 rings (SSSR count). The van der Waals surface area contributed by atoms with Crippen molar-refractivity contribution < 1.29 is 18.0 Å². The third-order valence-corrected chi connectivity index (χ3v) is 4.77. The van der Waals surface area contributed by atoms with E-state index in [1.165, 1.54) is 6.33 Å². The van der Waals surface area contributed by atoms with Crippen molar-refractivity contribution in [2.45, 2.75) is 44.4 Å². The summed E-state index contributed by atoms with van der Waals surface area (Å²) in [7, 11) is 0. The third kappa shape index (κ3) is 4.59. The van der Waals surface area contributed by atoms with E-state index < -0.39 is 24.7 Å². The van der Waals surface area contributed by atoms with E-state index in [-0.39, 0.29) is 12.6 Å². The Morgan fingerprint density at radius 2 is 1.92 bits per heavy atom. The molecule has 0 bridgehead atoms. The number of nitrogens with one attached hydrogen (secondary N) is 1. The van der Waals surface area contributed by atoms with Crippen LogP contribution in [0.2, 0.25) is 0 Å². The average Bonchev–Trinajstić information content (AvgIpc) is 2.87. The largest absolute Gasteiger partial charge is 0.406 e. The van der Waals surface area contributed by atoms with E-state index in [9.17, 15) is 18.0 Å². The molecule has 1 aromatic heterocycles. The number of amides is 1. The highest BCUT2D eigenvalue weighted by Gasteiger charge is 2.42. The summed E-state index contributed by atoms with van der Waals surface area (Å²) in [5.41, 5.74) is 0.885. The van der Waals surface area contributed by atoms with Gasteiger partial charge < -0.3 is 10.2 Å². The minimum atomic E-state index is -4.34. The maximum absolute atomic E-state index is 12.5. The monoisotopic (exact) mass is 357 g/mol. The number of aromatic nitrogens is 2. The second-order valence-corrected chi connectivity index (χ2v) is 6.68. The van der Waals surface area contributed by atoms with Crippen LogP contribution in [0, 0.1) is 6.92 Å². The number of likely N-dealkylation sites (tertiary alicyclic amines) is 2. The lowest BCUT2D eigenvalue weighted by Crippen LogP contribution is -2.48. The predicted octanol–water partition coefficient (Wildman–Crippen LogP) is 1.82. The molecule has 1 unspecified atom stereocenters. The summed E-state index contributed by atoms with van der Waals surface area (Å²) in [5.74, 6) is 0.384. The number of anilines is 1. The summed E-state index contributed by atoms with van der Waals surface area (Å²) in [6.07, 6.45) is -0.702. The van der Waals surface area contributed by atoms with Crippen molar-refractivity contribution in [3.8, 4) is 0 Å². The van der Waals surface area contributed by atoms with Crippen molar-refractivity contribution in [3.05, 3.63) is 18.1 Å². The van der Waals surface area contributed by atoms with Crippen molar-refractivity contribution in [1.82, 2.24) is 19.8 Å². The first-order valence-electron chi connectivity index (χ1n) is 8.46. The molecule has 2 fully saturated rings. The van der Waals surface area contributed by atoms with Gasteiger partial charge in [0.05, 0.1) is 6.04 Å². The predicted molar refractivity (Wildman–Crippen MR) is 86.0 cm³/mol. The molecule has 138 valence electrons. The quantitative estimate of drug-likeness (QED) is 0.891. The van der Waals surface area contributed by atoms with Crippen LogP contribution in [0.5, 0.6) is 0 Å². The Bertz CT molecular complexity index is 616. The molecule has 1 N–H and O–H groups in total. The van der Waals surface area contributed by atoms with Gasteiger partial charge in [-0.05, 0) is 26.2 Å². The van der Waals surface area contributed by atoms with Crippen LogP contribution in [-0.4, -0.2) is 70.1 Å². The molecule has 0 aliphatic carbocycles. The van der Waals surface area contributed by atoms with Gasteiger partial charge in [-0.3, -0.25) is 9.69 Å². The Hall–Kier alpha value is -1.90. The van der Waals surface area contributed by atoms with Crippen LogP contribution in [0.1, 0.15) is 25.0 Å². The zero-order valence-corrected chi connectivity index (χ0v) is 14.1. The molecule has 0 radical (unpaired) electrons. The van der Waals surface area contributed by atoms with Crippen LogP contribution in [0.25, 0.3) is 0 Å². The molecule has 3 heterocycles. The van der Waals surface area contributed by atoms with Crippen molar-refractivity contribution in [1.29, 1.82) is 0 Å². The van der Waals surface area contributed by atoms with Gasteiger partial charge in [0.25, 0.3) is 0 Å². The second-order valence-electron chi connectivity index (χ2n) is 6.68. The smallest absolute Gasteiger partial charge is 0.367 e. The minimum absolute atomic E-state index is 0.182. The molecule has 2 aliphatic heterocycles. The van der Waals surface area contributed by atoms with Crippen molar-refractivity contribution in [2.24, 2.45) is 0 Å². The molecule has 25 heavy (non-hydrogen) atoms. The average molecular weight is 357 g/mol. The van der Waals surface area contributed by atoms with Crippen LogP contribution in [0.4, 0.5) is 19.0 Å². The molecule has 1 amide bonds. The molecule has 6 nitrogen and oxygen atoms in total. The Balaban J connectivity index is 1.50. The van der Waals surface area contributed by atoms with Gasteiger partial charge in [0.2, 0.25) is 5.91 Å². The SMILES string of the molecule is Cc1cc(NC2CCN(C3CCN(CC(F)(F)F)C3=O)CC2)ncn1. The topological polar surface area (TPSA) is 61.4 Å². The second kappa shape index (κ2) is 7.15. The fourth-order valence-electron chi connectivity index (χ4n) is 3.53. The van der Waals surface area contributed by atoms with Gasteiger partial charge in [0.15, 0.2) is 0 Å². The Morgan fingerprint density at radius 1 is 1.20 bits per heavy atom. The van der Waals surface area contributed by atoms with E-state index >= 15 is 0 Å². The van der Waals surface area contributed by atoms with Gasteiger partial charge in [-0.2, -0.15) is 13.2 Å². The number of halogens is 3. The Kier molecular flexibility index (Phi) is 5.12. The molecule has 0 saturated carbocycles. The minimum Gasteiger partial charge on any atom is -0.367 e. The van der Waals surface area contributed by atoms with E-state index in [0.717, 1.165) is 29.3 Å². The third-order valence-electron chi connectivity index (χ3n) is 4.77. The van der Waals surface area contributed by atoms with Gasteiger partial charge >= 0.3 is 6.18 Å². The number of hydrogen-bond donors (Lipinski definition) is 1. The number of piperidine rings is 1. The Morgan fingerprint density at radius 3 is 2.56 bits per heavy atom. The summed E-state index contributed by atoms with van der Waals surface area (Å²) in [6.45, 7) is 2.32. The van der Waals surface area contributed by atoms with Crippen LogP contribution in [0.3, 0.4) is 0 Å². The molecule has 1 aromatic rings. The fraction of sp³-hybridized carbons (Fsp3) is 0.688. The summed E-state index contributed by atoms with van der Waals surface area (Å²) >= 11 is 0. The van der Waals surface area contributed by atoms with E-state index in [4.69, 9.17) is 0 Å². The lowest BCUT2D eigenvalue weighted by molar-refractivity contribution is -0.159. The number of alkyl halides is 3. The zero-order chi connectivity index (χ0) is 18.0. The molecule has 2 saturated heterocycles. The van der Waals surface area contributed by atoms with Gasteiger partial charge in [-0.15, -0.1) is 0 Å².